The lowest BCUT2D eigenvalue weighted by Crippen LogP contribution is -2.34. The van der Waals surface area contributed by atoms with Gasteiger partial charge in [0.05, 0.1) is 12.5 Å². The minimum absolute atomic E-state index is 0.0691. The normalized spacial score (nSPS) is 12.9. The molecule has 2 N–H and O–H groups in total. The van der Waals surface area contributed by atoms with E-state index in [4.69, 9.17) is 0 Å². The quantitative estimate of drug-likeness (QED) is 0.822. The maximum absolute atomic E-state index is 12.3. The van der Waals surface area contributed by atoms with Crippen molar-refractivity contribution in [2.75, 3.05) is 6.54 Å². The van der Waals surface area contributed by atoms with Crippen LogP contribution in [0.4, 0.5) is 0 Å². The van der Waals surface area contributed by atoms with Gasteiger partial charge in [-0.25, -0.2) is 0 Å². The first kappa shape index (κ1) is 17.7. The number of rotatable bonds is 7. The smallest absolute Gasteiger partial charge is 0.222 e. The van der Waals surface area contributed by atoms with Crippen LogP contribution in [0.1, 0.15) is 43.4 Å². The molecule has 4 nitrogen and oxygen atoms in total. The van der Waals surface area contributed by atoms with Crippen LogP contribution in [-0.4, -0.2) is 18.4 Å². The predicted octanol–water partition coefficient (Wildman–Crippen LogP) is 3.17. The number of nitrogens with one attached hydrogen (secondary N) is 2. The Morgan fingerprint density at radius 2 is 1.46 bits per heavy atom. The Hall–Kier alpha value is -2.62. The molecule has 0 aromatic heterocycles. The summed E-state index contributed by atoms with van der Waals surface area (Å²) in [6.45, 7) is 4.12. The Bertz CT molecular complexity index is 656. The van der Waals surface area contributed by atoms with Gasteiger partial charge in [0.15, 0.2) is 0 Å². The van der Waals surface area contributed by atoms with E-state index >= 15 is 0 Å². The SMILES string of the molecule is CC(=O)N[C@@H](CC(=O)NC[C@@H](C)c1ccccc1)c1ccccc1. The molecule has 0 unspecified atom stereocenters. The van der Waals surface area contributed by atoms with Crippen LogP contribution in [0.5, 0.6) is 0 Å². The van der Waals surface area contributed by atoms with E-state index in [1.165, 1.54) is 12.5 Å². The third-order valence-electron chi connectivity index (χ3n) is 3.94. The third-order valence-corrected chi connectivity index (χ3v) is 3.94. The Kier molecular flexibility index (Phi) is 6.55. The summed E-state index contributed by atoms with van der Waals surface area (Å²) in [4.78, 5) is 23.7. The van der Waals surface area contributed by atoms with Gasteiger partial charge in [-0.1, -0.05) is 67.6 Å². The Labute approximate surface area is 143 Å². The average Bonchev–Trinajstić information content (AvgIpc) is 2.60. The molecule has 0 fully saturated rings. The number of benzene rings is 2. The van der Waals surface area contributed by atoms with Crippen molar-refractivity contribution in [3.63, 3.8) is 0 Å². The molecular formula is C20H24N2O2. The fourth-order valence-electron chi connectivity index (χ4n) is 2.61. The van der Waals surface area contributed by atoms with Crippen LogP contribution >= 0.6 is 0 Å². The van der Waals surface area contributed by atoms with E-state index in [9.17, 15) is 9.59 Å². The maximum atomic E-state index is 12.3. The highest BCUT2D eigenvalue weighted by Crippen LogP contribution is 2.17. The second kappa shape index (κ2) is 8.87. The van der Waals surface area contributed by atoms with Gasteiger partial charge in [0.2, 0.25) is 11.8 Å². The van der Waals surface area contributed by atoms with Crippen LogP contribution in [0.2, 0.25) is 0 Å². The number of carbonyl (C=O) groups excluding carboxylic acids is 2. The lowest BCUT2D eigenvalue weighted by Gasteiger charge is -2.19. The summed E-state index contributed by atoms with van der Waals surface area (Å²) in [5.74, 6) is 0.0285. The summed E-state index contributed by atoms with van der Waals surface area (Å²) < 4.78 is 0. The minimum atomic E-state index is -0.310. The fourth-order valence-corrected chi connectivity index (χ4v) is 2.61. The maximum Gasteiger partial charge on any atom is 0.222 e. The molecule has 0 saturated heterocycles. The fraction of sp³-hybridized carbons (Fsp3) is 0.300. The topological polar surface area (TPSA) is 58.2 Å². The molecule has 2 aromatic rings. The molecule has 2 atom stereocenters. The van der Waals surface area contributed by atoms with E-state index in [2.05, 4.69) is 29.7 Å². The van der Waals surface area contributed by atoms with Crippen molar-refractivity contribution in [2.24, 2.45) is 0 Å². The second-order valence-electron chi connectivity index (χ2n) is 5.98. The van der Waals surface area contributed by atoms with Crippen LogP contribution in [0.15, 0.2) is 60.7 Å². The first-order chi connectivity index (χ1) is 11.6. The van der Waals surface area contributed by atoms with Crippen molar-refractivity contribution < 1.29 is 9.59 Å². The van der Waals surface area contributed by atoms with Gasteiger partial charge in [-0.2, -0.15) is 0 Å². The summed E-state index contributed by atoms with van der Waals surface area (Å²) in [5.41, 5.74) is 2.12. The van der Waals surface area contributed by atoms with E-state index in [0.29, 0.717) is 6.54 Å². The first-order valence-electron chi connectivity index (χ1n) is 8.20. The lowest BCUT2D eigenvalue weighted by molar-refractivity contribution is -0.122. The number of amides is 2. The van der Waals surface area contributed by atoms with Crippen molar-refractivity contribution in [3.8, 4) is 0 Å². The number of hydrogen-bond acceptors (Lipinski definition) is 2. The van der Waals surface area contributed by atoms with Crippen molar-refractivity contribution in [1.29, 1.82) is 0 Å². The molecule has 0 bridgehead atoms. The van der Waals surface area contributed by atoms with Gasteiger partial charge in [0, 0.05) is 13.5 Å². The summed E-state index contributed by atoms with van der Waals surface area (Å²) >= 11 is 0. The third kappa shape index (κ3) is 5.54. The summed E-state index contributed by atoms with van der Waals surface area (Å²) in [6, 6.07) is 19.3. The monoisotopic (exact) mass is 324 g/mol. The molecule has 0 spiro atoms. The summed E-state index contributed by atoms with van der Waals surface area (Å²) in [5, 5.41) is 5.81. The van der Waals surface area contributed by atoms with Crippen LogP contribution in [0, 0.1) is 0 Å². The molecule has 126 valence electrons. The van der Waals surface area contributed by atoms with Gasteiger partial charge >= 0.3 is 0 Å². The van der Waals surface area contributed by atoms with Crippen LogP contribution in [-0.2, 0) is 9.59 Å². The van der Waals surface area contributed by atoms with Crippen LogP contribution < -0.4 is 10.6 Å². The van der Waals surface area contributed by atoms with Gasteiger partial charge in [0.25, 0.3) is 0 Å². The minimum Gasteiger partial charge on any atom is -0.355 e. The molecule has 4 heteroatoms. The average molecular weight is 324 g/mol. The molecule has 0 radical (unpaired) electrons. The van der Waals surface area contributed by atoms with E-state index in [0.717, 1.165) is 5.56 Å². The molecule has 24 heavy (non-hydrogen) atoms. The summed E-state index contributed by atoms with van der Waals surface area (Å²) in [6.07, 6.45) is 0.227. The number of hydrogen-bond donors (Lipinski definition) is 2. The molecule has 2 amide bonds. The first-order valence-corrected chi connectivity index (χ1v) is 8.20. The van der Waals surface area contributed by atoms with E-state index in [1.807, 2.05) is 48.5 Å². The van der Waals surface area contributed by atoms with E-state index in [-0.39, 0.29) is 30.2 Å². The molecule has 2 rings (SSSR count). The zero-order valence-corrected chi connectivity index (χ0v) is 14.2. The van der Waals surface area contributed by atoms with Crippen LogP contribution in [0.25, 0.3) is 0 Å². The molecule has 0 aliphatic rings. The van der Waals surface area contributed by atoms with Crippen LogP contribution in [0.3, 0.4) is 0 Å². The predicted molar refractivity (Wildman–Crippen MR) is 95.5 cm³/mol. The Balaban J connectivity index is 1.92. The zero-order chi connectivity index (χ0) is 17.4. The highest BCUT2D eigenvalue weighted by molar-refractivity contribution is 5.79. The Morgan fingerprint density at radius 1 is 0.917 bits per heavy atom. The summed E-state index contributed by atoms with van der Waals surface area (Å²) in [7, 11) is 0. The second-order valence-corrected chi connectivity index (χ2v) is 5.98. The number of carbonyl (C=O) groups is 2. The largest absolute Gasteiger partial charge is 0.355 e. The lowest BCUT2D eigenvalue weighted by atomic mass is 10.0. The molecule has 0 aliphatic heterocycles. The van der Waals surface area contributed by atoms with Crippen molar-refractivity contribution >= 4 is 11.8 Å². The van der Waals surface area contributed by atoms with Gasteiger partial charge in [-0.05, 0) is 17.0 Å². The molecular weight excluding hydrogens is 300 g/mol. The Morgan fingerprint density at radius 3 is 2.00 bits per heavy atom. The zero-order valence-electron chi connectivity index (χ0n) is 14.2. The highest BCUT2D eigenvalue weighted by atomic mass is 16.2. The molecule has 0 aliphatic carbocycles. The van der Waals surface area contributed by atoms with Gasteiger partial charge in [-0.3, -0.25) is 9.59 Å². The van der Waals surface area contributed by atoms with Gasteiger partial charge in [-0.15, -0.1) is 0 Å². The van der Waals surface area contributed by atoms with Crippen molar-refractivity contribution in [3.05, 3.63) is 71.8 Å². The van der Waals surface area contributed by atoms with E-state index < -0.39 is 0 Å². The molecule has 0 saturated carbocycles. The molecule has 2 aromatic carbocycles. The van der Waals surface area contributed by atoms with Gasteiger partial charge in [0.1, 0.15) is 0 Å². The van der Waals surface area contributed by atoms with Crippen molar-refractivity contribution in [1.82, 2.24) is 10.6 Å². The van der Waals surface area contributed by atoms with Gasteiger partial charge < -0.3 is 10.6 Å². The highest BCUT2D eigenvalue weighted by Gasteiger charge is 2.17. The standard InChI is InChI=1S/C20H24N2O2/c1-15(17-9-5-3-6-10-17)14-21-20(24)13-19(22-16(2)23)18-11-7-4-8-12-18/h3-12,15,19H,13-14H2,1-2H3,(H,21,24)(H,22,23)/t15-,19+/m1/s1. The van der Waals surface area contributed by atoms with E-state index in [1.54, 1.807) is 0 Å². The van der Waals surface area contributed by atoms with Crippen molar-refractivity contribution in [2.45, 2.75) is 32.2 Å². The molecule has 0 heterocycles.